The molecule has 20 heavy (non-hydrogen) atoms. The lowest BCUT2D eigenvalue weighted by Crippen LogP contribution is -2.41. The van der Waals surface area contributed by atoms with Crippen LogP contribution < -0.4 is 20.9 Å². The van der Waals surface area contributed by atoms with Crippen LogP contribution >= 0.6 is 63.7 Å². The molecule has 0 bridgehead atoms. The van der Waals surface area contributed by atoms with E-state index in [9.17, 15) is 0 Å². The summed E-state index contributed by atoms with van der Waals surface area (Å²) in [5.41, 5.74) is 2.54. The average molecular weight is 518 g/mol. The molecule has 0 fully saturated rings. The van der Waals surface area contributed by atoms with Gasteiger partial charge >= 0.3 is 0 Å². The van der Waals surface area contributed by atoms with Crippen molar-refractivity contribution in [3.63, 3.8) is 0 Å². The van der Waals surface area contributed by atoms with Gasteiger partial charge in [-0.1, -0.05) is 30.4 Å². The van der Waals surface area contributed by atoms with Gasteiger partial charge in [0.15, 0.2) is 0 Å². The van der Waals surface area contributed by atoms with E-state index in [1.54, 1.807) is 0 Å². The van der Waals surface area contributed by atoms with Gasteiger partial charge in [-0.3, -0.25) is 0 Å². The molecule has 0 N–H and O–H groups in total. The molecule has 0 atom stereocenters. The van der Waals surface area contributed by atoms with Gasteiger partial charge in [-0.25, -0.2) is 0 Å². The van der Waals surface area contributed by atoms with Crippen LogP contribution in [0.5, 0.6) is 0 Å². The highest BCUT2D eigenvalue weighted by Crippen LogP contribution is 2.33. The molecule has 4 heteroatoms. The summed E-state index contributed by atoms with van der Waals surface area (Å²) in [6, 6.07) is 8.64. The Hall–Kier alpha value is -0.160. The van der Waals surface area contributed by atoms with E-state index in [-0.39, 0.29) is 0 Å². The van der Waals surface area contributed by atoms with E-state index >= 15 is 0 Å². The van der Waals surface area contributed by atoms with Crippen molar-refractivity contribution in [2.24, 2.45) is 0 Å². The summed E-state index contributed by atoms with van der Waals surface area (Å²) >= 11 is 14.6. The van der Waals surface area contributed by atoms with E-state index in [0.717, 1.165) is 17.9 Å². The van der Waals surface area contributed by atoms with Crippen molar-refractivity contribution in [3.8, 4) is 11.1 Å². The molecule has 0 spiro atoms. The summed E-state index contributed by atoms with van der Waals surface area (Å²) in [5, 5.41) is 5.13. The van der Waals surface area contributed by atoms with Gasteiger partial charge < -0.3 is 0 Å². The second kappa shape index (κ2) is 4.67. The second-order valence-corrected chi connectivity index (χ2v) is 7.97. The van der Waals surface area contributed by atoms with E-state index in [1.807, 2.05) is 0 Å². The first-order valence-electron chi connectivity index (χ1n) is 5.99. The fourth-order valence-electron chi connectivity index (χ4n) is 2.66. The minimum Gasteiger partial charge on any atom is -0.0610 e. The molecule has 0 amide bonds. The number of hydrogen-bond acceptors (Lipinski definition) is 0. The van der Waals surface area contributed by atoms with Crippen LogP contribution in [0, 0.1) is 0 Å². The normalized spacial score (nSPS) is 14.6. The Morgan fingerprint density at radius 2 is 1.50 bits per heavy atom. The lowest BCUT2D eigenvalue weighted by molar-refractivity contribution is 1.38. The maximum absolute atomic E-state index is 3.67. The molecule has 0 unspecified atom stereocenters. The smallest absolute Gasteiger partial charge is 0.0414 e. The first kappa shape index (κ1) is 13.5. The minimum absolute atomic E-state index is 1.07. The minimum atomic E-state index is 1.07. The maximum Gasteiger partial charge on any atom is 0.0414 e. The highest BCUT2D eigenvalue weighted by Gasteiger charge is 2.21. The summed E-state index contributed by atoms with van der Waals surface area (Å²) < 4.78 is 4.42. The van der Waals surface area contributed by atoms with Crippen LogP contribution in [0.2, 0.25) is 0 Å². The third-order valence-corrected chi connectivity index (χ3v) is 7.81. The maximum atomic E-state index is 3.67. The number of benzene rings is 2. The highest BCUT2D eigenvalue weighted by molar-refractivity contribution is 9.19. The third-order valence-electron chi connectivity index (χ3n) is 3.71. The van der Waals surface area contributed by atoms with Crippen molar-refractivity contribution < 1.29 is 0 Å². The van der Waals surface area contributed by atoms with Crippen LogP contribution in [0.4, 0.5) is 0 Å². The molecular weight excluding hydrogens is 512 g/mol. The van der Waals surface area contributed by atoms with Gasteiger partial charge in [0.25, 0.3) is 0 Å². The molecule has 0 radical (unpaired) electrons. The topological polar surface area (TPSA) is 0 Å². The van der Waals surface area contributed by atoms with Crippen molar-refractivity contribution >= 4 is 84.8 Å². The molecule has 0 saturated carbocycles. The number of rotatable bonds is 1. The fraction of sp³-hybridized carbons (Fsp3) is 0. The summed E-state index contributed by atoms with van der Waals surface area (Å²) in [6.07, 6.45) is 4.33. The molecule has 2 aromatic carbocycles. The summed E-state index contributed by atoms with van der Waals surface area (Å²) in [5.74, 6) is 0. The number of hydrogen-bond donors (Lipinski definition) is 0. The van der Waals surface area contributed by atoms with Crippen LogP contribution in [0.3, 0.4) is 0 Å². The van der Waals surface area contributed by atoms with Crippen molar-refractivity contribution in [2.45, 2.75) is 0 Å². The van der Waals surface area contributed by atoms with Crippen molar-refractivity contribution in [2.75, 3.05) is 0 Å². The Morgan fingerprint density at radius 3 is 2.20 bits per heavy atom. The van der Waals surface area contributed by atoms with Crippen molar-refractivity contribution in [3.05, 3.63) is 54.1 Å². The van der Waals surface area contributed by atoms with Crippen LogP contribution in [0.1, 0.15) is 0 Å². The van der Waals surface area contributed by atoms with Crippen LogP contribution in [-0.2, 0) is 0 Å². The predicted octanol–water partition coefficient (Wildman–Crippen LogP) is 3.47. The monoisotopic (exact) mass is 514 g/mol. The second-order valence-electron chi connectivity index (χ2n) is 4.74. The Kier molecular flexibility index (Phi) is 3.15. The van der Waals surface area contributed by atoms with E-state index in [4.69, 9.17) is 0 Å². The van der Waals surface area contributed by atoms with Gasteiger partial charge in [-0.2, -0.15) is 0 Å². The molecule has 4 rings (SSSR count). The van der Waals surface area contributed by atoms with Gasteiger partial charge in [0.1, 0.15) is 0 Å². The lowest BCUT2D eigenvalue weighted by atomic mass is 9.93. The summed E-state index contributed by atoms with van der Waals surface area (Å²) in [4.78, 5) is 0. The van der Waals surface area contributed by atoms with E-state index in [0.29, 0.717) is 0 Å². The van der Waals surface area contributed by atoms with Crippen molar-refractivity contribution in [1.29, 1.82) is 0 Å². The van der Waals surface area contributed by atoms with E-state index in [1.165, 1.54) is 32.0 Å². The van der Waals surface area contributed by atoms with Gasteiger partial charge in [-0.15, -0.1) is 0 Å². The van der Waals surface area contributed by atoms with Crippen molar-refractivity contribution in [1.82, 2.24) is 0 Å². The highest BCUT2D eigenvalue weighted by atomic mass is 79.9. The zero-order valence-corrected chi connectivity index (χ0v) is 16.3. The zero-order valence-electron chi connectivity index (χ0n) is 9.98. The summed E-state index contributed by atoms with van der Waals surface area (Å²) in [6.45, 7) is 0. The quantitative estimate of drug-likeness (QED) is 0.544. The molecule has 2 aromatic rings. The SMILES string of the molecule is BrC1=c2c(-c3cccc4c3=CC=4)cc(Br)c(Br)c2=C1Br. The van der Waals surface area contributed by atoms with Gasteiger partial charge in [0.2, 0.25) is 0 Å². The van der Waals surface area contributed by atoms with Crippen LogP contribution in [0.25, 0.3) is 32.2 Å². The Labute approximate surface area is 149 Å². The van der Waals surface area contributed by atoms with E-state index in [2.05, 4.69) is 100 Å². The van der Waals surface area contributed by atoms with Crippen LogP contribution in [0.15, 0.2) is 33.2 Å². The first-order valence-corrected chi connectivity index (χ1v) is 9.16. The Morgan fingerprint density at radius 1 is 0.750 bits per heavy atom. The van der Waals surface area contributed by atoms with Gasteiger partial charge in [-0.05, 0) is 91.4 Å². The molecule has 2 aliphatic carbocycles. The average Bonchev–Trinajstić information content (AvgIpc) is 2.41. The standard InChI is InChI=1S/C16H6Br4/c17-11-6-10(9-3-1-2-7-4-5-8(7)9)12-13(14(11)18)16(20)15(12)19/h1-6H. The third kappa shape index (κ3) is 1.68. The fourth-order valence-corrected chi connectivity index (χ4v) is 5.06. The molecule has 0 saturated heterocycles. The molecule has 0 nitrogen and oxygen atoms in total. The number of fused-ring (bicyclic) bond motifs is 2. The zero-order chi connectivity index (χ0) is 14.0. The Bertz CT molecular complexity index is 1030. The largest absolute Gasteiger partial charge is 0.0610 e. The molecule has 0 aromatic heterocycles. The molecule has 0 heterocycles. The van der Waals surface area contributed by atoms with Crippen LogP contribution in [-0.4, -0.2) is 0 Å². The Balaban J connectivity index is 2.18. The lowest BCUT2D eigenvalue weighted by Gasteiger charge is -2.18. The predicted molar refractivity (Wildman–Crippen MR) is 99.4 cm³/mol. The van der Waals surface area contributed by atoms with Gasteiger partial charge in [0, 0.05) is 28.3 Å². The molecule has 0 aliphatic heterocycles. The first-order chi connectivity index (χ1) is 9.59. The molecule has 2 aliphatic rings. The van der Waals surface area contributed by atoms with E-state index < -0.39 is 0 Å². The summed E-state index contributed by atoms with van der Waals surface area (Å²) in [7, 11) is 0. The molecule has 98 valence electrons. The molecular formula is C16H6Br4. The number of halogens is 4. The van der Waals surface area contributed by atoms with Gasteiger partial charge in [0.05, 0.1) is 0 Å².